The summed E-state index contributed by atoms with van der Waals surface area (Å²) in [6.07, 6.45) is 4.35. The highest BCUT2D eigenvalue weighted by Gasteiger charge is 2.23. The maximum absolute atomic E-state index is 12.0. The largest absolute Gasteiger partial charge is 0.297 e. The van der Waals surface area contributed by atoms with Gasteiger partial charge in [-0.1, -0.05) is 43.2 Å². The number of tetrazole rings is 1. The summed E-state index contributed by atoms with van der Waals surface area (Å²) in [5, 5.41) is 12.2. The highest BCUT2D eigenvalue weighted by Crippen LogP contribution is 2.25. The van der Waals surface area contributed by atoms with Gasteiger partial charge in [0.25, 0.3) is 0 Å². The molecule has 1 aromatic heterocycles. The Labute approximate surface area is 111 Å². The molecule has 0 radical (unpaired) electrons. The third-order valence-corrected chi connectivity index (χ3v) is 3.59. The molecule has 0 amide bonds. The number of ketones is 1. The van der Waals surface area contributed by atoms with E-state index in [1.54, 1.807) is 0 Å². The average molecular weight is 256 g/mol. The van der Waals surface area contributed by atoms with Crippen molar-refractivity contribution in [3.63, 3.8) is 0 Å². The van der Waals surface area contributed by atoms with E-state index >= 15 is 0 Å². The van der Waals surface area contributed by atoms with E-state index in [4.69, 9.17) is 0 Å². The molecule has 1 aromatic carbocycles. The van der Waals surface area contributed by atoms with Gasteiger partial charge in [-0.25, -0.2) is 0 Å². The van der Waals surface area contributed by atoms with Crippen molar-refractivity contribution in [1.82, 2.24) is 20.2 Å². The number of nitrogens with zero attached hydrogens (tertiary/aromatic N) is 4. The summed E-state index contributed by atoms with van der Waals surface area (Å²) in [6, 6.07) is 9.66. The van der Waals surface area contributed by atoms with Gasteiger partial charge in [0.05, 0.1) is 0 Å². The predicted octanol–water partition coefficient (Wildman–Crippen LogP) is 2.10. The molecular weight excluding hydrogens is 240 g/mol. The second-order valence-corrected chi connectivity index (χ2v) is 4.96. The molecule has 0 saturated heterocycles. The highest BCUT2D eigenvalue weighted by atomic mass is 16.1. The fourth-order valence-corrected chi connectivity index (χ4v) is 2.53. The zero-order chi connectivity index (χ0) is 13.1. The minimum Gasteiger partial charge on any atom is -0.297 e. The van der Waals surface area contributed by atoms with Gasteiger partial charge in [-0.2, -0.15) is 4.80 Å². The molecule has 1 saturated carbocycles. The molecule has 1 heterocycles. The topological polar surface area (TPSA) is 60.7 Å². The highest BCUT2D eigenvalue weighted by molar-refractivity contribution is 5.80. The van der Waals surface area contributed by atoms with Crippen LogP contribution in [-0.2, 0) is 11.3 Å². The Morgan fingerprint density at radius 2 is 1.95 bits per heavy atom. The number of rotatable bonds is 4. The summed E-state index contributed by atoms with van der Waals surface area (Å²) in [4.78, 5) is 13.4. The Bertz CT molecular complexity index is 558. The van der Waals surface area contributed by atoms with Crippen molar-refractivity contribution in [3.8, 4) is 11.4 Å². The van der Waals surface area contributed by atoms with Crippen LogP contribution in [0.1, 0.15) is 25.7 Å². The van der Waals surface area contributed by atoms with Gasteiger partial charge in [-0.15, -0.1) is 10.2 Å². The lowest BCUT2D eigenvalue weighted by molar-refractivity contribution is -0.123. The molecule has 1 aliphatic carbocycles. The minimum absolute atomic E-state index is 0.200. The van der Waals surface area contributed by atoms with Crippen LogP contribution in [0.3, 0.4) is 0 Å². The van der Waals surface area contributed by atoms with E-state index in [-0.39, 0.29) is 18.2 Å². The van der Waals surface area contributed by atoms with Crippen molar-refractivity contribution in [1.29, 1.82) is 0 Å². The first kappa shape index (κ1) is 12.0. The van der Waals surface area contributed by atoms with Crippen molar-refractivity contribution in [3.05, 3.63) is 30.3 Å². The van der Waals surface area contributed by atoms with Crippen molar-refractivity contribution >= 4 is 5.78 Å². The SMILES string of the molecule is O=C(Cn1nnc(-c2ccccc2)n1)C1CCCC1. The molecule has 2 aromatic rings. The molecule has 1 fully saturated rings. The fourth-order valence-electron chi connectivity index (χ4n) is 2.53. The van der Waals surface area contributed by atoms with Gasteiger partial charge < -0.3 is 0 Å². The van der Waals surface area contributed by atoms with Gasteiger partial charge in [0.2, 0.25) is 5.82 Å². The molecule has 0 N–H and O–H groups in total. The van der Waals surface area contributed by atoms with E-state index in [9.17, 15) is 4.79 Å². The number of carbonyl (C=O) groups excluding carboxylic acids is 1. The molecule has 3 rings (SSSR count). The quantitative estimate of drug-likeness (QED) is 0.840. The lowest BCUT2D eigenvalue weighted by Gasteiger charge is -2.05. The van der Waals surface area contributed by atoms with E-state index in [0.29, 0.717) is 5.82 Å². The maximum atomic E-state index is 12.0. The lowest BCUT2D eigenvalue weighted by atomic mass is 10.0. The molecule has 0 unspecified atom stereocenters. The lowest BCUT2D eigenvalue weighted by Crippen LogP contribution is -2.19. The van der Waals surface area contributed by atoms with Crippen molar-refractivity contribution < 1.29 is 4.79 Å². The summed E-state index contributed by atoms with van der Waals surface area (Å²) in [7, 11) is 0. The molecule has 0 atom stereocenters. The normalized spacial score (nSPS) is 15.8. The van der Waals surface area contributed by atoms with E-state index < -0.39 is 0 Å². The Balaban J connectivity index is 1.70. The van der Waals surface area contributed by atoms with Crippen LogP contribution in [0.2, 0.25) is 0 Å². The van der Waals surface area contributed by atoms with Crippen molar-refractivity contribution in [2.45, 2.75) is 32.2 Å². The van der Waals surface area contributed by atoms with E-state index in [1.165, 1.54) is 4.80 Å². The van der Waals surface area contributed by atoms with Gasteiger partial charge in [0.1, 0.15) is 6.54 Å². The fraction of sp³-hybridized carbons (Fsp3) is 0.429. The molecule has 98 valence electrons. The Morgan fingerprint density at radius 1 is 1.21 bits per heavy atom. The van der Waals surface area contributed by atoms with Gasteiger partial charge in [-0.05, 0) is 18.1 Å². The summed E-state index contributed by atoms with van der Waals surface area (Å²) in [5.41, 5.74) is 0.919. The van der Waals surface area contributed by atoms with Gasteiger partial charge in [0.15, 0.2) is 5.78 Å². The van der Waals surface area contributed by atoms with Gasteiger partial charge in [-0.3, -0.25) is 4.79 Å². The number of hydrogen-bond acceptors (Lipinski definition) is 4. The standard InChI is InChI=1S/C14H16N4O/c19-13(11-6-4-5-7-11)10-18-16-14(15-17-18)12-8-2-1-3-9-12/h1-3,8-9,11H,4-7,10H2. The number of aromatic nitrogens is 4. The molecular formula is C14H16N4O. The molecule has 1 aliphatic rings. The minimum atomic E-state index is 0.200. The summed E-state index contributed by atoms with van der Waals surface area (Å²) < 4.78 is 0. The summed E-state index contributed by atoms with van der Waals surface area (Å²) in [5.74, 6) is 1.00. The zero-order valence-electron chi connectivity index (χ0n) is 10.7. The van der Waals surface area contributed by atoms with Crippen LogP contribution >= 0.6 is 0 Å². The third kappa shape index (κ3) is 2.70. The van der Waals surface area contributed by atoms with Crippen LogP contribution in [-0.4, -0.2) is 26.0 Å². The maximum Gasteiger partial charge on any atom is 0.204 e. The Hall–Kier alpha value is -2.04. The van der Waals surface area contributed by atoms with Crippen LogP contribution in [0.5, 0.6) is 0 Å². The molecule has 0 spiro atoms. The molecule has 5 heteroatoms. The van der Waals surface area contributed by atoms with Crippen molar-refractivity contribution in [2.75, 3.05) is 0 Å². The first-order chi connectivity index (χ1) is 9.33. The Kier molecular flexibility index (Phi) is 3.35. The zero-order valence-corrected chi connectivity index (χ0v) is 10.7. The number of Topliss-reactive ketones (excluding diaryl/α,β-unsaturated/α-hetero) is 1. The summed E-state index contributed by atoms with van der Waals surface area (Å²) in [6.45, 7) is 0.241. The second-order valence-electron chi connectivity index (χ2n) is 4.96. The van der Waals surface area contributed by atoms with Gasteiger partial charge >= 0.3 is 0 Å². The predicted molar refractivity (Wildman–Crippen MR) is 70.2 cm³/mol. The first-order valence-electron chi connectivity index (χ1n) is 6.69. The molecule has 0 aliphatic heterocycles. The monoisotopic (exact) mass is 256 g/mol. The third-order valence-electron chi connectivity index (χ3n) is 3.59. The van der Waals surface area contributed by atoms with Crippen LogP contribution in [0.4, 0.5) is 0 Å². The van der Waals surface area contributed by atoms with E-state index in [2.05, 4.69) is 15.4 Å². The van der Waals surface area contributed by atoms with Crippen LogP contribution < -0.4 is 0 Å². The van der Waals surface area contributed by atoms with E-state index in [0.717, 1.165) is 31.2 Å². The number of benzene rings is 1. The molecule has 5 nitrogen and oxygen atoms in total. The number of hydrogen-bond donors (Lipinski definition) is 0. The summed E-state index contributed by atoms with van der Waals surface area (Å²) >= 11 is 0. The smallest absolute Gasteiger partial charge is 0.204 e. The van der Waals surface area contributed by atoms with Crippen molar-refractivity contribution in [2.24, 2.45) is 5.92 Å². The van der Waals surface area contributed by atoms with Crippen LogP contribution in [0.15, 0.2) is 30.3 Å². The van der Waals surface area contributed by atoms with Crippen LogP contribution in [0.25, 0.3) is 11.4 Å². The van der Waals surface area contributed by atoms with Gasteiger partial charge in [0, 0.05) is 11.5 Å². The molecule has 0 bridgehead atoms. The first-order valence-corrected chi connectivity index (χ1v) is 6.69. The van der Waals surface area contributed by atoms with Crippen LogP contribution in [0, 0.1) is 5.92 Å². The second kappa shape index (κ2) is 5.30. The average Bonchev–Trinajstić information content (AvgIpc) is 3.11. The van der Waals surface area contributed by atoms with E-state index in [1.807, 2.05) is 30.3 Å². The molecule has 19 heavy (non-hydrogen) atoms. The number of carbonyl (C=O) groups is 1. The Morgan fingerprint density at radius 3 is 2.68 bits per heavy atom.